The van der Waals surface area contributed by atoms with Crippen LogP contribution in [0.25, 0.3) is 0 Å². The van der Waals surface area contributed by atoms with Crippen LogP contribution in [0.15, 0.2) is 24.3 Å². The number of hydrogen-bond donors (Lipinski definition) is 0. The van der Waals surface area contributed by atoms with Crippen molar-refractivity contribution < 1.29 is 19.1 Å². The molecule has 1 aromatic rings. The standard InChI is InChI=1S/C19H20Cl2N2O4/c1-11(2)22-16(25)13-5-3-4-6-14(13)23-15(24)7-8-19(22,23)17(26)27-10-12-9-18(12,20)21/h3-6,11-12H,7-10H2,1-2H3. The number of rotatable bonds is 4. The Kier molecular flexibility index (Phi) is 4.20. The molecule has 0 radical (unpaired) electrons. The van der Waals surface area contributed by atoms with Crippen molar-refractivity contribution in [3.8, 4) is 0 Å². The zero-order valence-electron chi connectivity index (χ0n) is 15.1. The van der Waals surface area contributed by atoms with Crippen molar-refractivity contribution in [2.45, 2.75) is 49.1 Å². The van der Waals surface area contributed by atoms with Crippen LogP contribution in [0.1, 0.15) is 43.5 Å². The predicted molar refractivity (Wildman–Crippen MR) is 101 cm³/mol. The maximum Gasteiger partial charge on any atom is 0.353 e. The second kappa shape index (κ2) is 6.11. The normalized spacial score (nSPS) is 28.3. The largest absolute Gasteiger partial charge is 0.462 e. The highest BCUT2D eigenvalue weighted by Crippen LogP contribution is 2.53. The zero-order chi connectivity index (χ0) is 19.6. The molecule has 2 amide bonds. The topological polar surface area (TPSA) is 66.9 Å². The quantitative estimate of drug-likeness (QED) is 0.564. The average Bonchev–Trinajstić information content (AvgIpc) is 3.07. The molecule has 3 aliphatic rings. The summed E-state index contributed by atoms with van der Waals surface area (Å²) in [7, 11) is 0. The minimum atomic E-state index is -1.47. The molecule has 2 unspecified atom stereocenters. The summed E-state index contributed by atoms with van der Waals surface area (Å²) in [6, 6.07) is 6.56. The second-order valence-corrected chi connectivity index (χ2v) is 9.13. The Morgan fingerprint density at radius 2 is 1.96 bits per heavy atom. The number of carbonyl (C=O) groups is 3. The van der Waals surface area contributed by atoms with E-state index in [2.05, 4.69) is 0 Å². The van der Waals surface area contributed by atoms with Gasteiger partial charge < -0.3 is 9.64 Å². The summed E-state index contributed by atoms with van der Waals surface area (Å²) in [5.74, 6) is -1.22. The minimum absolute atomic E-state index is 0.0669. The summed E-state index contributed by atoms with van der Waals surface area (Å²) >= 11 is 12.0. The van der Waals surface area contributed by atoms with Crippen molar-refractivity contribution in [2.75, 3.05) is 11.5 Å². The third-order valence-electron chi connectivity index (χ3n) is 5.51. The fraction of sp³-hybridized carbons (Fsp3) is 0.526. The summed E-state index contributed by atoms with van der Waals surface area (Å²) in [5.41, 5.74) is -0.603. The van der Waals surface area contributed by atoms with Gasteiger partial charge in [-0.05, 0) is 32.4 Å². The molecule has 0 spiro atoms. The summed E-state index contributed by atoms with van der Waals surface area (Å²) in [6.45, 7) is 3.72. The van der Waals surface area contributed by atoms with Crippen molar-refractivity contribution in [2.24, 2.45) is 5.92 Å². The van der Waals surface area contributed by atoms with Crippen molar-refractivity contribution in [3.63, 3.8) is 0 Å². The molecule has 1 aromatic carbocycles. The van der Waals surface area contributed by atoms with E-state index < -0.39 is 16.0 Å². The molecule has 1 aliphatic carbocycles. The molecule has 2 fully saturated rings. The van der Waals surface area contributed by atoms with Gasteiger partial charge >= 0.3 is 5.97 Å². The highest BCUT2D eigenvalue weighted by atomic mass is 35.5. The van der Waals surface area contributed by atoms with Crippen LogP contribution < -0.4 is 4.90 Å². The molecule has 6 nitrogen and oxygen atoms in total. The third kappa shape index (κ3) is 2.64. The third-order valence-corrected chi connectivity index (χ3v) is 6.44. The first-order chi connectivity index (χ1) is 12.7. The second-order valence-electron chi connectivity index (χ2n) is 7.59. The predicted octanol–water partition coefficient (Wildman–Crippen LogP) is 3.11. The number of benzene rings is 1. The molecule has 2 heterocycles. The average molecular weight is 411 g/mol. The van der Waals surface area contributed by atoms with Crippen LogP contribution in [-0.2, 0) is 14.3 Å². The number of anilines is 1. The number of esters is 1. The smallest absolute Gasteiger partial charge is 0.353 e. The molecular weight excluding hydrogens is 391 g/mol. The maximum absolute atomic E-state index is 13.3. The van der Waals surface area contributed by atoms with E-state index in [1.54, 1.807) is 24.3 Å². The molecule has 1 saturated heterocycles. The van der Waals surface area contributed by atoms with Gasteiger partial charge in [0.15, 0.2) is 0 Å². The number of hydrogen-bond acceptors (Lipinski definition) is 4. The molecule has 0 N–H and O–H groups in total. The Hall–Kier alpha value is -1.79. The number of nitrogens with zero attached hydrogens (tertiary/aromatic N) is 2. The lowest BCUT2D eigenvalue weighted by molar-refractivity contribution is -0.158. The van der Waals surface area contributed by atoms with Crippen LogP contribution in [0, 0.1) is 5.92 Å². The number of amides is 2. The van der Waals surface area contributed by atoms with E-state index in [4.69, 9.17) is 27.9 Å². The van der Waals surface area contributed by atoms with Crippen LogP contribution in [-0.4, -0.2) is 45.3 Å². The van der Waals surface area contributed by atoms with Crippen molar-refractivity contribution in [3.05, 3.63) is 29.8 Å². The molecule has 1 saturated carbocycles. The van der Waals surface area contributed by atoms with Gasteiger partial charge in [0.2, 0.25) is 11.6 Å². The Balaban J connectivity index is 1.76. The highest BCUT2D eigenvalue weighted by molar-refractivity contribution is 6.50. The Bertz CT molecular complexity index is 841. The van der Waals surface area contributed by atoms with Gasteiger partial charge in [0.25, 0.3) is 5.91 Å². The van der Waals surface area contributed by atoms with Crippen LogP contribution in [0.4, 0.5) is 5.69 Å². The molecule has 0 aromatic heterocycles. The van der Waals surface area contributed by atoms with Crippen LogP contribution in [0.5, 0.6) is 0 Å². The molecule has 8 heteroatoms. The first-order valence-electron chi connectivity index (χ1n) is 9.01. The number of carbonyl (C=O) groups excluding carboxylic acids is 3. The zero-order valence-corrected chi connectivity index (χ0v) is 16.6. The van der Waals surface area contributed by atoms with Crippen LogP contribution in [0.3, 0.4) is 0 Å². The van der Waals surface area contributed by atoms with Gasteiger partial charge in [0.05, 0.1) is 17.9 Å². The van der Waals surface area contributed by atoms with Crippen LogP contribution in [0.2, 0.25) is 0 Å². The van der Waals surface area contributed by atoms with Crippen molar-refractivity contribution in [1.29, 1.82) is 0 Å². The summed E-state index contributed by atoms with van der Waals surface area (Å²) in [6.07, 6.45) is 0.910. The fourth-order valence-electron chi connectivity index (χ4n) is 4.12. The van der Waals surface area contributed by atoms with E-state index >= 15 is 0 Å². The first kappa shape index (κ1) is 18.6. The van der Waals surface area contributed by atoms with Gasteiger partial charge in [0.1, 0.15) is 4.33 Å². The summed E-state index contributed by atoms with van der Waals surface area (Å²) in [4.78, 5) is 42.1. The molecular formula is C19H20Cl2N2O4. The van der Waals surface area contributed by atoms with E-state index in [1.807, 2.05) is 13.8 Å². The van der Waals surface area contributed by atoms with Crippen molar-refractivity contribution in [1.82, 2.24) is 4.90 Å². The molecule has 27 heavy (non-hydrogen) atoms. The molecule has 2 atom stereocenters. The van der Waals surface area contributed by atoms with Gasteiger partial charge in [-0.3, -0.25) is 14.5 Å². The Morgan fingerprint density at radius 1 is 1.30 bits per heavy atom. The SMILES string of the molecule is CC(C)N1C(=O)c2ccccc2N2C(=O)CCC21C(=O)OCC1CC1(Cl)Cl. The van der Waals surface area contributed by atoms with Gasteiger partial charge in [-0.15, -0.1) is 23.2 Å². The number of ether oxygens (including phenoxy) is 1. The van der Waals surface area contributed by atoms with E-state index in [9.17, 15) is 14.4 Å². The molecule has 4 rings (SSSR count). The van der Waals surface area contributed by atoms with E-state index in [1.165, 1.54) is 9.80 Å². The molecule has 144 valence electrons. The van der Waals surface area contributed by atoms with Gasteiger partial charge in [-0.25, -0.2) is 4.79 Å². The van der Waals surface area contributed by atoms with Crippen molar-refractivity contribution >= 4 is 46.7 Å². The number of halogens is 2. The number of fused-ring (bicyclic) bond motifs is 3. The maximum atomic E-state index is 13.3. The minimum Gasteiger partial charge on any atom is -0.462 e. The van der Waals surface area contributed by atoms with E-state index in [0.29, 0.717) is 17.7 Å². The summed E-state index contributed by atoms with van der Waals surface area (Å²) < 4.78 is 4.68. The van der Waals surface area contributed by atoms with Gasteiger partial charge in [0, 0.05) is 24.8 Å². The molecule has 0 bridgehead atoms. The number of alkyl halides is 2. The van der Waals surface area contributed by atoms with E-state index in [0.717, 1.165) is 0 Å². The number of para-hydroxylation sites is 1. The lowest BCUT2D eigenvalue weighted by Crippen LogP contribution is -2.70. The lowest BCUT2D eigenvalue weighted by Gasteiger charge is -2.50. The van der Waals surface area contributed by atoms with Crippen LogP contribution >= 0.6 is 23.2 Å². The highest BCUT2D eigenvalue weighted by Gasteiger charge is 2.63. The van der Waals surface area contributed by atoms with Gasteiger partial charge in [-0.2, -0.15) is 0 Å². The Morgan fingerprint density at radius 3 is 2.59 bits per heavy atom. The lowest BCUT2D eigenvalue weighted by atomic mass is 9.95. The first-order valence-corrected chi connectivity index (χ1v) is 9.76. The summed E-state index contributed by atoms with van der Waals surface area (Å²) in [5, 5.41) is 0. The molecule has 2 aliphatic heterocycles. The van der Waals surface area contributed by atoms with Gasteiger partial charge in [-0.1, -0.05) is 12.1 Å². The monoisotopic (exact) mass is 410 g/mol. The van der Waals surface area contributed by atoms with E-state index in [-0.39, 0.29) is 43.2 Å². The fourth-order valence-corrected chi connectivity index (χ4v) is 4.61. The Labute approximate surface area is 167 Å².